The first-order valence-corrected chi connectivity index (χ1v) is 13.9. The zero-order chi connectivity index (χ0) is 25.9. The number of carbonyl (C=O) groups excluding carboxylic acids is 1. The Morgan fingerprint density at radius 1 is 1.14 bits per heavy atom. The molecule has 0 saturated carbocycles. The minimum Gasteiger partial charge on any atom is -0.341 e. The Kier molecular flexibility index (Phi) is 7.76. The van der Waals surface area contributed by atoms with Gasteiger partial charge in [-0.2, -0.15) is 0 Å². The normalized spacial score (nSPS) is 15.1. The van der Waals surface area contributed by atoms with Crippen LogP contribution in [0.3, 0.4) is 0 Å². The first-order chi connectivity index (χ1) is 17.2. The van der Waals surface area contributed by atoms with Crippen molar-refractivity contribution in [3.05, 3.63) is 83.0 Å². The van der Waals surface area contributed by atoms with Crippen LogP contribution >= 0.6 is 0 Å². The number of benzene rings is 2. The molecule has 0 bridgehead atoms. The third kappa shape index (κ3) is 5.77. The topological polar surface area (TPSA) is 91.4 Å². The summed E-state index contributed by atoms with van der Waals surface area (Å²) in [6, 6.07) is 16.1. The predicted molar refractivity (Wildman–Crippen MR) is 143 cm³/mol. The molecule has 1 aliphatic rings. The molecule has 3 aromatic rings. The first-order valence-electron chi connectivity index (χ1n) is 12.4. The molecule has 190 valence electrons. The Labute approximate surface area is 214 Å². The van der Waals surface area contributed by atoms with E-state index in [-0.39, 0.29) is 16.8 Å². The van der Waals surface area contributed by atoms with Gasteiger partial charge in [-0.05, 0) is 78.3 Å². The Balaban J connectivity index is 1.55. The van der Waals surface area contributed by atoms with E-state index in [9.17, 15) is 13.2 Å². The highest BCUT2D eigenvalue weighted by molar-refractivity contribution is 7.89. The van der Waals surface area contributed by atoms with Crippen LogP contribution in [-0.2, 0) is 22.9 Å². The van der Waals surface area contributed by atoms with E-state index in [4.69, 9.17) is 0 Å². The second kappa shape index (κ2) is 10.8. The lowest BCUT2D eigenvalue weighted by Gasteiger charge is -2.21. The molecule has 1 atom stereocenters. The SMILES string of the molecule is CCc1ccc(S(=O)(=O)NC2CCc3ccc(Nc4ncccc4C(=O)N(C)CC(C)C)cc32)cc1. The van der Waals surface area contributed by atoms with E-state index < -0.39 is 10.0 Å². The fourth-order valence-corrected chi connectivity index (χ4v) is 5.86. The van der Waals surface area contributed by atoms with Crippen molar-refractivity contribution in [2.45, 2.75) is 51.0 Å². The molecular formula is C28H34N4O3S. The summed E-state index contributed by atoms with van der Waals surface area (Å²) in [6.45, 7) is 6.83. The van der Waals surface area contributed by atoms with E-state index in [0.29, 0.717) is 30.3 Å². The first kappa shape index (κ1) is 25.9. The van der Waals surface area contributed by atoms with Crippen molar-refractivity contribution in [1.82, 2.24) is 14.6 Å². The van der Waals surface area contributed by atoms with E-state index >= 15 is 0 Å². The summed E-state index contributed by atoms with van der Waals surface area (Å²) in [6.07, 6.45) is 4.00. The zero-order valence-corrected chi connectivity index (χ0v) is 22.1. The highest BCUT2D eigenvalue weighted by Crippen LogP contribution is 2.35. The van der Waals surface area contributed by atoms with E-state index in [1.54, 1.807) is 42.4 Å². The van der Waals surface area contributed by atoms with Crippen LogP contribution in [0, 0.1) is 5.92 Å². The summed E-state index contributed by atoms with van der Waals surface area (Å²) in [7, 11) is -1.86. The van der Waals surface area contributed by atoms with Crippen molar-refractivity contribution in [3.63, 3.8) is 0 Å². The summed E-state index contributed by atoms with van der Waals surface area (Å²) in [5.41, 5.74) is 4.40. The van der Waals surface area contributed by atoms with Crippen LogP contribution in [0.4, 0.5) is 11.5 Å². The number of pyridine rings is 1. The minimum absolute atomic E-state index is 0.0970. The summed E-state index contributed by atoms with van der Waals surface area (Å²) in [5, 5.41) is 3.28. The molecule has 1 aromatic heterocycles. The molecule has 2 aromatic carbocycles. The lowest BCUT2D eigenvalue weighted by Crippen LogP contribution is -2.30. The van der Waals surface area contributed by atoms with Crippen molar-refractivity contribution < 1.29 is 13.2 Å². The van der Waals surface area contributed by atoms with Gasteiger partial charge in [0.05, 0.1) is 10.5 Å². The Bertz CT molecular complexity index is 1340. The van der Waals surface area contributed by atoms with Crippen LogP contribution < -0.4 is 10.0 Å². The fourth-order valence-electron chi connectivity index (χ4n) is 4.61. The summed E-state index contributed by atoms with van der Waals surface area (Å²) in [4.78, 5) is 19.4. The summed E-state index contributed by atoms with van der Waals surface area (Å²) in [5.74, 6) is 0.735. The van der Waals surface area contributed by atoms with Crippen LogP contribution in [-0.4, -0.2) is 37.8 Å². The van der Waals surface area contributed by atoms with Gasteiger partial charge in [-0.25, -0.2) is 18.1 Å². The maximum absolute atomic E-state index is 13.1. The Hall–Kier alpha value is -3.23. The number of anilines is 2. The molecule has 0 radical (unpaired) electrons. The number of fused-ring (bicyclic) bond motifs is 1. The van der Waals surface area contributed by atoms with Crippen LogP contribution in [0.25, 0.3) is 0 Å². The quantitative estimate of drug-likeness (QED) is 0.422. The Morgan fingerprint density at radius 3 is 2.58 bits per heavy atom. The van der Waals surface area contributed by atoms with Gasteiger partial charge in [0.25, 0.3) is 5.91 Å². The summed E-state index contributed by atoms with van der Waals surface area (Å²) < 4.78 is 29.0. The van der Waals surface area contributed by atoms with Gasteiger partial charge in [0, 0.05) is 31.5 Å². The molecule has 0 fully saturated rings. The van der Waals surface area contributed by atoms with E-state index in [1.807, 2.05) is 37.3 Å². The van der Waals surface area contributed by atoms with E-state index in [1.165, 1.54) is 0 Å². The average molecular weight is 507 g/mol. The molecule has 1 unspecified atom stereocenters. The number of amides is 1. The monoisotopic (exact) mass is 506 g/mol. The van der Waals surface area contributed by atoms with Crippen LogP contribution in [0.15, 0.2) is 65.7 Å². The second-order valence-corrected chi connectivity index (χ2v) is 11.4. The molecule has 0 aliphatic heterocycles. The average Bonchev–Trinajstić information content (AvgIpc) is 3.25. The van der Waals surface area contributed by atoms with Gasteiger partial charge in [0.2, 0.25) is 10.0 Å². The largest absolute Gasteiger partial charge is 0.341 e. The maximum atomic E-state index is 13.1. The fraction of sp³-hybridized carbons (Fsp3) is 0.357. The van der Waals surface area contributed by atoms with Gasteiger partial charge in [-0.15, -0.1) is 0 Å². The van der Waals surface area contributed by atoms with Crippen molar-refractivity contribution in [2.75, 3.05) is 18.9 Å². The molecule has 2 N–H and O–H groups in total. The molecule has 1 heterocycles. The molecule has 7 nitrogen and oxygen atoms in total. The molecule has 0 spiro atoms. The molecule has 0 saturated heterocycles. The zero-order valence-electron chi connectivity index (χ0n) is 21.3. The van der Waals surface area contributed by atoms with E-state index in [0.717, 1.165) is 35.2 Å². The van der Waals surface area contributed by atoms with Crippen molar-refractivity contribution >= 4 is 27.4 Å². The lowest BCUT2D eigenvalue weighted by molar-refractivity contribution is 0.0780. The number of aromatic nitrogens is 1. The van der Waals surface area contributed by atoms with Gasteiger partial charge in [-0.3, -0.25) is 4.79 Å². The van der Waals surface area contributed by atoms with E-state index in [2.05, 4.69) is 28.9 Å². The number of rotatable bonds is 9. The third-order valence-electron chi connectivity index (χ3n) is 6.45. The molecule has 1 aliphatic carbocycles. The second-order valence-electron chi connectivity index (χ2n) is 9.73. The molecule has 8 heteroatoms. The number of hydrogen-bond donors (Lipinski definition) is 2. The van der Waals surface area contributed by atoms with Crippen LogP contribution in [0.2, 0.25) is 0 Å². The number of carbonyl (C=O) groups is 1. The minimum atomic E-state index is -3.65. The lowest BCUT2D eigenvalue weighted by atomic mass is 10.1. The van der Waals surface area contributed by atoms with Crippen molar-refractivity contribution in [2.24, 2.45) is 5.92 Å². The van der Waals surface area contributed by atoms with Crippen LogP contribution in [0.1, 0.15) is 60.3 Å². The molecular weight excluding hydrogens is 472 g/mol. The molecule has 4 rings (SSSR count). The van der Waals surface area contributed by atoms with Crippen molar-refractivity contribution in [3.8, 4) is 0 Å². The highest BCUT2D eigenvalue weighted by Gasteiger charge is 2.28. The smallest absolute Gasteiger partial charge is 0.257 e. The third-order valence-corrected chi connectivity index (χ3v) is 7.94. The van der Waals surface area contributed by atoms with Crippen molar-refractivity contribution in [1.29, 1.82) is 0 Å². The summed E-state index contributed by atoms with van der Waals surface area (Å²) >= 11 is 0. The van der Waals surface area contributed by atoms with Crippen LogP contribution in [0.5, 0.6) is 0 Å². The highest BCUT2D eigenvalue weighted by atomic mass is 32.2. The molecule has 1 amide bonds. The number of aryl methyl sites for hydroxylation is 2. The predicted octanol–water partition coefficient (Wildman–Crippen LogP) is 5.08. The maximum Gasteiger partial charge on any atom is 0.257 e. The van der Waals surface area contributed by atoms with Gasteiger partial charge in [0.15, 0.2) is 0 Å². The van der Waals surface area contributed by atoms with Gasteiger partial charge < -0.3 is 10.2 Å². The van der Waals surface area contributed by atoms with Gasteiger partial charge in [-0.1, -0.05) is 39.0 Å². The van der Waals surface area contributed by atoms with Gasteiger partial charge in [0.1, 0.15) is 5.82 Å². The molecule has 36 heavy (non-hydrogen) atoms. The number of hydrogen-bond acceptors (Lipinski definition) is 5. The standard InChI is InChI=1S/C28H34N4O3S/c1-5-20-8-13-23(14-9-20)36(34,35)31-26-15-11-21-10-12-22(17-25(21)26)30-27-24(7-6-16-29-27)28(33)32(4)18-19(2)3/h6-10,12-14,16-17,19,26,31H,5,11,15,18H2,1-4H3,(H,29,30). The Morgan fingerprint density at radius 2 is 1.89 bits per heavy atom. The van der Waals surface area contributed by atoms with Gasteiger partial charge >= 0.3 is 0 Å². The number of nitrogens with one attached hydrogen (secondary N) is 2. The number of nitrogens with zero attached hydrogens (tertiary/aromatic N) is 2. The number of sulfonamides is 1.